The maximum atomic E-state index is 13.1. The van der Waals surface area contributed by atoms with Gasteiger partial charge in [-0.3, -0.25) is 4.79 Å². The SMILES string of the molecule is COc1ccc(C(=O)OC(C(=O)Nc2cc(C)ccc2OC)c2ccccc2)c(O)c1. The molecule has 2 N–H and O–H groups in total. The third kappa shape index (κ3) is 5.14. The normalized spacial score (nSPS) is 11.3. The quantitative estimate of drug-likeness (QED) is 0.554. The Morgan fingerprint density at radius 3 is 2.32 bits per heavy atom. The van der Waals surface area contributed by atoms with Gasteiger partial charge in [0.05, 0.1) is 19.9 Å². The predicted octanol–water partition coefficient (Wildman–Crippen LogP) is 4.25. The van der Waals surface area contributed by atoms with Crippen molar-refractivity contribution in [2.45, 2.75) is 13.0 Å². The van der Waals surface area contributed by atoms with Crippen LogP contribution >= 0.6 is 0 Å². The molecule has 3 aromatic rings. The molecule has 7 heteroatoms. The molecule has 0 spiro atoms. The summed E-state index contributed by atoms with van der Waals surface area (Å²) in [5.74, 6) is -0.850. The minimum atomic E-state index is -1.25. The number of aryl methyl sites for hydroxylation is 1. The molecular weight excluding hydrogens is 398 g/mol. The van der Waals surface area contributed by atoms with Crippen LogP contribution in [0, 0.1) is 6.92 Å². The van der Waals surface area contributed by atoms with Crippen molar-refractivity contribution in [3.05, 3.63) is 83.4 Å². The zero-order valence-corrected chi connectivity index (χ0v) is 17.4. The number of rotatable bonds is 7. The largest absolute Gasteiger partial charge is 0.507 e. The maximum Gasteiger partial charge on any atom is 0.343 e. The van der Waals surface area contributed by atoms with Crippen molar-refractivity contribution in [1.29, 1.82) is 0 Å². The number of nitrogens with one attached hydrogen (secondary N) is 1. The first-order chi connectivity index (χ1) is 14.9. The van der Waals surface area contributed by atoms with E-state index in [0.29, 0.717) is 22.7 Å². The number of anilines is 1. The number of aromatic hydroxyl groups is 1. The van der Waals surface area contributed by atoms with E-state index in [9.17, 15) is 14.7 Å². The van der Waals surface area contributed by atoms with Crippen LogP contribution in [-0.2, 0) is 9.53 Å². The lowest BCUT2D eigenvalue weighted by Crippen LogP contribution is -2.26. The summed E-state index contributed by atoms with van der Waals surface area (Å²) in [6.07, 6.45) is -1.25. The first-order valence-corrected chi connectivity index (χ1v) is 9.51. The molecule has 31 heavy (non-hydrogen) atoms. The molecule has 0 aliphatic carbocycles. The van der Waals surface area contributed by atoms with Gasteiger partial charge in [-0.15, -0.1) is 0 Å². The summed E-state index contributed by atoms with van der Waals surface area (Å²) < 4.78 is 15.9. The van der Waals surface area contributed by atoms with Gasteiger partial charge in [-0.05, 0) is 36.8 Å². The van der Waals surface area contributed by atoms with Crippen molar-refractivity contribution < 1.29 is 28.9 Å². The summed E-state index contributed by atoms with van der Waals surface area (Å²) in [6, 6.07) is 18.2. The molecule has 0 heterocycles. The highest BCUT2D eigenvalue weighted by molar-refractivity contribution is 5.99. The van der Waals surface area contributed by atoms with Crippen molar-refractivity contribution >= 4 is 17.6 Å². The summed E-state index contributed by atoms with van der Waals surface area (Å²) >= 11 is 0. The lowest BCUT2D eigenvalue weighted by atomic mass is 10.1. The molecule has 0 saturated heterocycles. The lowest BCUT2D eigenvalue weighted by molar-refractivity contribution is -0.125. The van der Waals surface area contributed by atoms with E-state index >= 15 is 0 Å². The standard InChI is InChI=1S/C24H23NO6/c1-15-9-12-21(30-3)19(13-15)25-23(27)22(16-7-5-4-6-8-16)31-24(28)18-11-10-17(29-2)14-20(18)26/h4-14,22,26H,1-3H3,(H,25,27). The van der Waals surface area contributed by atoms with Crippen LogP contribution in [0.25, 0.3) is 0 Å². The Labute approximate surface area is 180 Å². The first-order valence-electron chi connectivity index (χ1n) is 9.51. The molecule has 3 aromatic carbocycles. The molecule has 0 aliphatic heterocycles. The predicted molar refractivity (Wildman–Crippen MR) is 116 cm³/mol. The summed E-state index contributed by atoms with van der Waals surface area (Å²) in [5, 5.41) is 12.9. The van der Waals surface area contributed by atoms with Crippen LogP contribution in [0.5, 0.6) is 17.2 Å². The van der Waals surface area contributed by atoms with E-state index in [-0.39, 0.29) is 11.3 Å². The summed E-state index contributed by atoms with van der Waals surface area (Å²) in [7, 11) is 2.95. The monoisotopic (exact) mass is 421 g/mol. The Bertz CT molecular complexity index is 1080. The molecule has 7 nitrogen and oxygen atoms in total. The third-order valence-corrected chi connectivity index (χ3v) is 4.60. The van der Waals surface area contributed by atoms with E-state index in [1.54, 1.807) is 42.5 Å². The lowest BCUT2D eigenvalue weighted by Gasteiger charge is -2.19. The Morgan fingerprint density at radius 1 is 0.935 bits per heavy atom. The Balaban J connectivity index is 1.90. The number of benzene rings is 3. The van der Waals surface area contributed by atoms with E-state index < -0.39 is 18.0 Å². The molecule has 0 aliphatic rings. The molecule has 1 atom stereocenters. The van der Waals surface area contributed by atoms with Gasteiger partial charge in [-0.1, -0.05) is 36.4 Å². The van der Waals surface area contributed by atoms with Gasteiger partial charge >= 0.3 is 5.97 Å². The Morgan fingerprint density at radius 2 is 1.68 bits per heavy atom. The summed E-state index contributed by atoms with van der Waals surface area (Å²) in [5.41, 5.74) is 1.78. The number of amides is 1. The van der Waals surface area contributed by atoms with E-state index in [4.69, 9.17) is 14.2 Å². The van der Waals surface area contributed by atoms with Gasteiger partial charge in [-0.2, -0.15) is 0 Å². The number of hydrogen-bond acceptors (Lipinski definition) is 6. The number of carbonyl (C=O) groups is 2. The zero-order valence-electron chi connectivity index (χ0n) is 17.4. The van der Waals surface area contributed by atoms with Crippen LogP contribution < -0.4 is 14.8 Å². The van der Waals surface area contributed by atoms with Crippen molar-refractivity contribution in [3.8, 4) is 17.2 Å². The minimum Gasteiger partial charge on any atom is -0.507 e. The summed E-state index contributed by atoms with van der Waals surface area (Å²) in [6.45, 7) is 1.89. The molecule has 3 rings (SSSR count). The highest BCUT2D eigenvalue weighted by Crippen LogP contribution is 2.30. The van der Waals surface area contributed by atoms with Gasteiger partial charge in [0.2, 0.25) is 6.10 Å². The molecule has 0 saturated carbocycles. The maximum absolute atomic E-state index is 13.1. The molecule has 1 unspecified atom stereocenters. The van der Waals surface area contributed by atoms with Crippen LogP contribution in [0.2, 0.25) is 0 Å². The van der Waals surface area contributed by atoms with Crippen molar-refractivity contribution in [2.24, 2.45) is 0 Å². The average Bonchev–Trinajstić information content (AvgIpc) is 2.77. The van der Waals surface area contributed by atoms with Crippen LogP contribution in [0.15, 0.2) is 66.7 Å². The molecule has 0 bridgehead atoms. The molecule has 160 valence electrons. The van der Waals surface area contributed by atoms with Gasteiger partial charge in [0.25, 0.3) is 5.91 Å². The van der Waals surface area contributed by atoms with Crippen LogP contribution in [0.3, 0.4) is 0 Å². The first kappa shape index (κ1) is 21.7. The molecular formula is C24H23NO6. The second kappa shape index (κ2) is 9.67. The van der Waals surface area contributed by atoms with Gasteiger partial charge in [-0.25, -0.2) is 4.79 Å². The Kier molecular flexibility index (Phi) is 6.77. The third-order valence-electron chi connectivity index (χ3n) is 4.60. The van der Waals surface area contributed by atoms with E-state index in [0.717, 1.165) is 5.56 Å². The van der Waals surface area contributed by atoms with Gasteiger partial charge in [0, 0.05) is 11.6 Å². The van der Waals surface area contributed by atoms with Gasteiger partial charge in [0.1, 0.15) is 22.8 Å². The summed E-state index contributed by atoms with van der Waals surface area (Å²) in [4.78, 5) is 25.9. The molecule has 0 fully saturated rings. The minimum absolute atomic E-state index is 0.0809. The number of carbonyl (C=O) groups excluding carboxylic acids is 2. The van der Waals surface area contributed by atoms with Crippen LogP contribution in [0.1, 0.15) is 27.6 Å². The van der Waals surface area contributed by atoms with Crippen molar-refractivity contribution in [1.82, 2.24) is 0 Å². The average molecular weight is 421 g/mol. The fraction of sp³-hybridized carbons (Fsp3) is 0.167. The number of ether oxygens (including phenoxy) is 3. The second-order valence-electron chi connectivity index (χ2n) is 6.77. The zero-order chi connectivity index (χ0) is 22.4. The van der Waals surface area contributed by atoms with E-state index in [1.165, 1.54) is 32.4 Å². The number of hydrogen-bond donors (Lipinski definition) is 2. The highest BCUT2D eigenvalue weighted by Gasteiger charge is 2.27. The topological polar surface area (TPSA) is 94.1 Å². The van der Waals surface area contributed by atoms with Crippen molar-refractivity contribution in [2.75, 3.05) is 19.5 Å². The Hall–Kier alpha value is -4.00. The molecule has 1 amide bonds. The van der Waals surface area contributed by atoms with Gasteiger partial charge < -0.3 is 24.6 Å². The number of phenolic OH excluding ortho intramolecular Hbond substituents is 1. The number of phenols is 1. The number of methoxy groups -OCH3 is 2. The smallest absolute Gasteiger partial charge is 0.343 e. The molecule has 0 aromatic heterocycles. The fourth-order valence-electron chi connectivity index (χ4n) is 3.00. The van der Waals surface area contributed by atoms with Crippen molar-refractivity contribution in [3.63, 3.8) is 0 Å². The number of esters is 1. The fourth-order valence-corrected chi connectivity index (χ4v) is 3.00. The van der Waals surface area contributed by atoms with E-state index in [1.807, 2.05) is 13.0 Å². The van der Waals surface area contributed by atoms with Crippen LogP contribution in [0.4, 0.5) is 5.69 Å². The van der Waals surface area contributed by atoms with E-state index in [2.05, 4.69) is 5.32 Å². The second-order valence-corrected chi connectivity index (χ2v) is 6.77. The highest BCUT2D eigenvalue weighted by atomic mass is 16.5. The van der Waals surface area contributed by atoms with Crippen LogP contribution in [-0.4, -0.2) is 31.2 Å². The van der Waals surface area contributed by atoms with Gasteiger partial charge in [0.15, 0.2) is 0 Å². The molecule has 0 radical (unpaired) electrons.